The first kappa shape index (κ1) is 9.46. The highest BCUT2D eigenvalue weighted by molar-refractivity contribution is 5.38. The second-order valence-electron chi connectivity index (χ2n) is 3.89. The number of aryl methyl sites for hydroxylation is 1. The van der Waals surface area contributed by atoms with Gasteiger partial charge in [-0.05, 0) is 37.5 Å². The van der Waals surface area contributed by atoms with E-state index in [1.807, 2.05) is 12.3 Å². The zero-order chi connectivity index (χ0) is 9.97. The van der Waals surface area contributed by atoms with Gasteiger partial charge in [0.25, 0.3) is 0 Å². The zero-order valence-electron chi connectivity index (χ0n) is 8.66. The number of ether oxygens (including phenoxy) is 1. The number of pyridine rings is 1. The quantitative estimate of drug-likeness (QED) is 0.795. The van der Waals surface area contributed by atoms with E-state index in [4.69, 9.17) is 4.74 Å². The predicted octanol–water partition coefficient (Wildman–Crippen LogP) is 1.98. The molecule has 1 aromatic heterocycles. The van der Waals surface area contributed by atoms with Crippen LogP contribution in [0.3, 0.4) is 0 Å². The van der Waals surface area contributed by atoms with Crippen LogP contribution in [0.1, 0.15) is 18.4 Å². The van der Waals surface area contributed by atoms with Crippen LogP contribution in [0.4, 0.5) is 5.82 Å². The summed E-state index contributed by atoms with van der Waals surface area (Å²) in [5.74, 6) is 0.976. The summed E-state index contributed by atoms with van der Waals surface area (Å²) in [6.07, 6.45) is 4.46. The van der Waals surface area contributed by atoms with E-state index in [-0.39, 0.29) is 0 Å². The van der Waals surface area contributed by atoms with Gasteiger partial charge in [0.15, 0.2) is 0 Å². The van der Waals surface area contributed by atoms with Crippen molar-refractivity contribution in [2.75, 3.05) is 12.4 Å². The molecule has 0 aliphatic heterocycles. The molecule has 1 aliphatic rings. The first-order chi connectivity index (χ1) is 6.78. The minimum Gasteiger partial charge on any atom is -0.381 e. The zero-order valence-corrected chi connectivity index (χ0v) is 8.66. The maximum Gasteiger partial charge on any atom is 0.126 e. The normalized spacial score (nSPS) is 25.6. The Morgan fingerprint density at radius 1 is 1.50 bits per heavy atom. The van der Waals surface area contributed by atoms with Crippen molar-refractivity contribution in [1.82, 2.24) is 4.98 Å². The SMILES string of the molecule is COC1CC(Nc2cc(C)ccn2)C1. The van der Waals surface area contributed by atoms with Gasteiger partial charge in [-0.25, -0.2) is 4.98 Å². The van der Waals surface area contributed by atoms with Crippen LogP contribution in [0.2, 0.25) is 0 Å². The number of nitrogens with one attached hydrogen (secondary N) is 1. The number of hydrogen-bond donors (Lipinski definition) is 1. The van der Waals surface area contributed by atoms with E-state index >= 15 is 0 Å². The van der Waals surface area contributed by atoms with Gasteiger partial charge in [-0.15, -0.1) is 0 Å². The molecule has 0 bridgehead atoms. The summed E-state index contributed by atoms with van der Waals surface area (Å²) in [6, 6.07) is 4.61. The van der Waals surface area contributed by atoms with Crippen molar-refractivity contribution in [3.05, 3.63) is 23.9 Å². The molecule has 0 saturated heterocycles. The van der Waals surface area contributed by atoms with Gasteiger partial charge in [-0.1, -0.05) is 0 Å². The molecule has 0 aromatic carbocycles. The third kappa shape index (κ3) is 2.04. The number of methoxy groups -OCH3 is 1. The second kappa shape index (κ2) is 3.96. The number of anilines is 1. The number of nitrogens with zero attached hydrogens (tertiary/aromatic N) is 1. The van der Waals surface area contributed by atoms with Gasteiger partial charge in [-0.3, -0.25) is 0 Å². The van der Waals surface area contributed by atoms with E-state index in [9.17, 15) is 0 Å². The smallest absolute Gasteiger partial charge is 0.126 e. The van der Waals surface area contributed by atoms with Gasteiger partial charge in [-0.2, -0.15) is 0 Å². The van der Waals surface area contributed by atoms with Crippen molar-refractivity contribution < 1.29 is 4.74 Å². The minimum atomic E-state index is 0.442. The average molecular weight is 192 g/mol. The van der Waals surface area contributed by atoms with Crippen molar-refractivity contribution >= 4 is 5.82 Å². The van der Waals surface area contributed by atoms with Gasteiger partial charge >= 0.3 is 0 Å². The molecule has 1 fully saturated rings. The molecule has 3 heteroatoms. The molecular weight excluding hydrogens is 176 g/mol. The molecule has 1 heterocycles. The lowest BCUT2D eigenvalue weighted by molar-refractivity contribution is 0.0328. The highest BCUT2D eigenvalue weighted by atomic mass is 16.5. The van der Waals surface area contributed by atoms with Gasteiger partial charge in [0.1, 0.15) is 5.82 Å². The number of aromatic nitrogens is 1. The van der Waals surface area contributed by atoms with E-state index in [2.05, 4.69) is 23.3 Å². The van der Waals surface area contributed by atoms with Crippen molar-refractivity contribution in [1.29, 1.82) is 0 Å². The molecule has 0 atom stereocenters. The summed E-state index contributed by atoms with van der Waals surface area (Å²) in [5, 5.41) is 3.39. The van der Waals surface area contributed by atoms with Crippen molar-refractivity contribution in [2.45, 2.75) is 31.9 Å². The summed E-state index contributed by atoms with van der Waals surface area (Å²) >= 11 is 0. The van der Waals surface area contributed by atoms with Crippen molar-refractivity contribution in [3.63, 3.8) is 0 Å². The molecule has 0 spiro atoms. The Balaban J connectivity index is 1.87. The lowest BCUT2D eigenvalue weighted by atomic mass is 9.89. The average Bonchev–Trinajstić information content (AvgIpc) is 2.10. The fraction of sp³-hybridized carbons (Fsp3) is 0.545. The summed E-state index contributed by atoms with van der Waals surface area (Å²) in [4.78, 5) is 4.26. The maximum absolute atomic E-state index is 5.22. The Morgan fingerprint density at radius 2 is 2.29 bits per heavy atom. The Bertz CT molecular complexity index is 308. The second-order valence-corrected chi connectivity index (χ2v) is 3.89. The highest BCUT2D eigenvalue weighted by Crippen LogP contribution is 2.25. The molecule has 1 aliphatic carbocycles. The molecule has 3 nitrogen and oxygen atoms in total. The first-order valence-corrected chi connectivity index (χ1v) is 5.00. The van der Waals surface area contributed by atoms with Gasteiger partial charge in [0.2, 0.25) is 0 Å². The molecule has 1 aromatic rings. The van der Waals surface area contributed by atoms with Gasteiger partial charge < -0.3 is 10.1 Å². The van der Waals surface area contributed by atoms with Crippen LogP contribution in [-0.2, 0) is 4.74 Å². The van der Waals surface area contributed by atoms with Crippen LogP contribution < -0.4 is 5.32 Å². The largest absolute Gasteiger partial charge is 0.381 e. The Morgan fingerprint density at radius 3 is 2.93 bits per heavy atom. The topological polar surface area (TPSA) is 34.1 Å². The third-order valence-electron chi connectivity index (χ3n) is 2.70. The van der Waals surface area contributed by atoms with E-state index in [0.29, 0.717) is 12.1 Å². The van der Waals surface area contributed by atoms with Gasteiger partial charge in [0, 0.05) is 19.3 Å². The van der Waals surface area contributed by atoms with Crippen LogP contribution in [-0.4, -0.2) is 24.2 Å². The molecule has 14 heavy (non-hydrogen) atoms. The lowest BCUT2D eigenvalue weighted by Gasteiger charge is -2.34. The fourth-order valence-electron chi connectivity index (χ4n) is 1.70. The molecule has 1 saturated carbocycles. The van der Waals surface area contributed by atoms with E-state index < -0.39 is 0 Å². The lowest BCUT2D eigenvalue weighted by Crippen LogP contribution is -2.40. The summed E-state index contributed by atoms with van der Waals surface area (Å²) in [5.41, 5.74) is 1.24. The highest BCUT2D eigenvalue weighted by Gasteiger charge is 2.28. The van der Waals surface area contributed by atoms with Gasteiger partial charge in [0.05, 0.1) is 6.10 Å². The minimum absolute atomic E-state index is 0.442. The Hall–Kier alpha value is -1.09. The molecule has 1 N–H and O–H groups in total. The fourth-order valence-corrected chi connectivity index (χ4v) is 1.70. The number of hydrogen-bond acceptors (Lipinski definition) is 3. The summed E-state index contributed by atoms with van der Waals surface area (Å²) < 4.78 is 5.22. The van der Waals surface area contributed by atoms with Crippen molar-refractivity contribution in [3.8, 4) is 0 Å². The van der Waals surface area contributed by atoms with Crippen LogP contribution in [0.25, 0.3) is 0 Å². The molecule has 0 radical (unpaired) electrons. The summed E-state index contributed by atoms with van der Waals surface area (Å²) in [7, 11) is 1.77. The Kier molecular flexibility index (Phi) is 2.68. The van der Waals surface area contributed by atoms with Crippen molar-refractivity contribution in [2.24, 2.45) is 0 Å². The van der Waals surface area contributed by atoms with E-state index in [0.717, 1.165) is 18.7 Å². The molecule has 2 rings (SSSR count). The third-order valence-corrected chi connectivity index (χ3v) is 2.70. The maximum atomic E-state index is 5.22. The first-order valence-electron chi connectivity index (χ1n) is 5.00. The molecular formula is C11H16N2O. The monoisotopic (exact) mass is 192 g/mol. The Labute approximate surface area is 84.5 Å². The van der Waals surface area contributed by atoms with Crippen LogP contribution in [0.5, 0.6) is 0 Å². The predicted molar refractivity (Wildman–Crippen MR) is 56.4 cm³/mol. The van der Waals surface area contributed by atoms with E-state index in [1.54, 1.807) is 7.11 Å². The molecule has 76 valence electrons. The molecule has 0 amide bonds. The number of rotatable bonds is 3. The molecule has 0 unspecified atom stereocenters. The summed E-state index contributed by atoms with van der Waals surface area (Å²) in [6.45, 7) is 2.07. The van der Waals surface area contributed by atoms with Crippen LogP contribution in [0, 0.1) is 6.92 Å². The van der Waals surface area contributed by atoms with E-state index in [1.165, 1.54) is 5.56 Å². The van der Waals surface area contributed by atoms with Crippen LogP contribution in [0.15, 0.2) is 18.3 Å². The standard InChI is InChI=1S/C11H16N2O/c1-8-3-4-12-11(5-8)13-9-6-10(7-9)14-2/h3-5,9-10H,6-7H2,1-2H3,(H,12,13). The van der Waals surface area contributed by atoms with Crippen LogP contribution >= 0.6 is 0 Å².